The first-order chi connectivity index (χ1) is 7.31. The summed E-state index contributed by atoms with van der Waals surface area (Å²) in [5.74, 6) is 0. The highest BCUT2D eigenvalue weighted by atomic mass is 79.9. The van der Waals surface area contributed by atoms with Crippen molar-refractivity contribution in [3.8, 4) is 10.6 Å². The second-order valence-corrected chi connectivity index (χ2v) is 5.55. The average molecular weight is 304 g/mol. The summed E-state index contributed by atoms with van der Waals surface area (Å²) < 4.78 is 1.09. The van der Waals surface area contributed by atoms with Crippen molar-refractivity contribution >= 4 is 43.7 Å². The van der Waals surface area contributed by atoms with Gasteiger partial charge in [-0.1, -0.05) is 18.3 Å². The van der Waals surface area contributed by atoms with Gasteiger partial charge in [0.1, 0.15) is 0 Å². The molecule has 0 saturated heterocycles. The standard InChI is InChI=1S/C9H10BrN3S2/c1-2-3-11-9-13-12-8(15-9)6-4-14-5-7(6)10/h4-5H,2-3H2,1H3,(H,11,13). The largest absolute Gasteiger partial charge is 0.360 e. The van der Waals surface area contributed by atoms with Crippen LogP contribution in [-0.4, -0.2) is 16.7 Å². The predicted molar refractivity (Wildman–Crippen MR) is 69.7 cm³/mol. The van der Waals surface area contributed by atoms with Gasteiger partial charge in [-0.15, -0.1) is 10.2 Å². The van der Waals surface area contributed by atoms with E-state index in [9.17, 15) is 0 Å². The Bertz CT molecular complexity index is 438. The Morgan fingerprint density at radius 1 is 1.40 bits per heavy atom. The summed E-state index contributed by atoms with van der Waals surface area (Å²) in [5, 5.41) is 17.5. The molecule has 2 heterocycles. The zero-order valence-corrected chi connectivity index (χ0v) is 11.4. The molecule has 0 aliphatic rings. The maximum atomic E-state index is 4.16. The molecule has 0 aromatic carbocycles. The number of hydrogen-bond acceptors (Lipinski definition) is 5. The molecule has 0 unspecified atom stereocenters. The van der Waals surface area contributed by atoms with Crippen LogP contribution in [0.5, 0.6) is 0 Å². The van der Waals surface area contributed by atoms with Crippen molar-refractivity contribution < 1.29 is 0 Å². The Kier molecular flexibility index (Phi) is 3.71. The average Bonchev–Trinajstić information content (AvgIpc) is 2.83. The molecule has 0 atom stereocenters. The van der Waals surface area contributed by atoms with Gasteiger partial charge in [-0.25, -0.2) is 0 Å². The van der Waals surface area contributed by atoms with Gasteiger partial charge in [-0.3, -0.25) is 0 Å². The Balaban J connectivity index is 2.17. The van der Waals surface area contributed by atoms with E-state index in [2.05, 4.69) is 49.1 Å². The molecule has 0 aliphatic carbocycles. The lowest BCUT2D eigenvalue weighted by Crippen LogP contribution is -1.98. The fraction of sp³-hybridized carbons (Fsp3) is 0.333. The van der Waals surface area contributed by atoms with E-state index < -0.39 is 0 Å². The number of rotatable bonds is 4. The van der Waals surface area contributed by atoms with Crippen molar-refractivity contribution in [2.24, 2.45) is 0 Å². The quantitative estimate of drug-likeness (QED) is 0.932. The Morgan fingerprint density at radius 3 is 2.93 bits per heavy atom. The Labute approximate surface area is 105 Å². The van der Waals surface area contributed by atoms with Crippen LogP contribution in [0.3, 0.4) is 0 Å². The van der Waals surface area contributed by atoms with Crippen LogP contribution >= 0.6 is 38.6 Å². The van der Waals surface area contributed by atoms with E-state index in [0.29, 0.717) is 0 Å². The summed E-state index contributed by atoms with van der Waals surface area (Å²) in [6, 6.07) is 0. The highest BCUT2D eigenvalue weighted by molar-refractivity contribution is 9.10. The molecule has 1 N–H and O–H groups in total. The lowest BCUT2D eigenvalue weighted by molar-refractivity contribution is 0.964. The van der Waals surface area contributed by atoms with E-state index in [4.69, 9.17) is 0 Å². The van der Waals surface area contributed by atoms with Crippen molar-refractivity contribution in [3.05, 3.63) is 15.2 Å². The molecule has 6 heteroatoms. The molecule has 2 aromatic heterocycles. The van der Waals surface area contributed by atoms with Crippen molar-refractivity contribution in [2.75, 3.05) is 11.9 Å². The van der Waals surface area contributed by atoms with Crippen LogP contribution in [0.1, 0.15) is 13.3 Å². The van der Waals surface area contributed by atoms with Gasteiger partial charge in [0.25, 0.3) is 0 Å². The minimum Gasteiger partial charge on any atom is -0.360 e. The molecule has 0 aliphatic heterocycles. The van der Waals surface area contributed by atoms with E-state index in [0.717, 1.165) is 33.1 Å². The second-order valence-electron chi connectivity index (χ2n) is 2.97. The van der Waals surface area contributed by atoms with Crippen LogP contribution in [0.15, 0.2) is 15.2 Å². The molecular formula is C9H10BrN3S2. The number of halogens is 1. The van der Waals surface area contributed by atoms with Crippen LogP contribution in [0.4, 0.5) is 5.13 Å². The minimum absolute atomic E-state index is 0.893. The van der Waals surface area contributed by atoms with Crippen molar-refractivity contribution in [1.82, 2.24) is 10.2 Å². The highest BCUT2D eigenvalue weighted by Gasteiger charge is 2.09. The molecule has 0 fully saturated rings. The van der Waals surface area contributed by atoms with Crippen LogP contribution in [0.25, 0.3) is 10.6 Å². The maximum absolute atomic E-state index is 4.16. The van der Waals surface area contributed by atoms with Gasteiger partial charge in [-0.2, -0.15) is 11.3 Å². The minimum atomic E-state index is 0.893. The van der Waals surface area contributed by atoms with Gasteiger partial charge in [0.2, 0.25) is 5.13 Å². The molecular weight excluding hydrogens is 294 g/mol. The molecule has 2 rings (SSSR count). The third-order valence-electron chi connectivity index (χ3n) is 1.80. The van der Waals surface area contributed by atoms with Crippen LogP contribution in [0.2, 0.25) is 0 Å². The molecule has 0 saturated carbocycles. The number of nitrogens with one attached hydrogen (secondary N) is 1. The van der Waals surface area contributed by atoms with E-state index in [1.54, 1.807) is 22.7 Å². The first-order valence-electron chi connectivity index (χ1n) is 4.60. The highest BCUT2D eigenvalue weighted by Crippen LogP contribution is 2.34. The van der Waals surface area contributed by atoms with Crippen LogP contribution in [-0.2, 0) is 0 Å². The number of nitrogens with zero attached hydrogens (tertiary/aromatic N) is 2. The first kappa shape index (κ1) is 11.0. The summed E-state index contributed by atoms with van der Waals surface area (Å²) in [7, 11) is 0. The lowest BCUT2D eigenvalue weighted by atomic mass is 10.4. The maximum Gasteiger partial charge on any atom is 0.206 e. The Hall–Kier alpha value is -0.460. The molecule has 15 heavy (non-hydrogen) atoms. The van der Waals surface area contributed by atoms with Gasteiger partial charge >= 0.3 is 0 Å². The zero-order chi connectivity index (χ0) is 10.7. The van der Waals surface area contributed by atoms with Gasteiger partial charge in [0.05, 0.1) is 0 Å². The van der Waals surface area contributed by atoms with E-state index >= 15 is 0 Å². The zero-order valence-electron chi connectivity index (χ0n) is 8.16. The van der Waals surface area contributed by atoms with Crippen LogP contribution < -0.4 is 5.32 Å². The molecule has 3 nitrogen and oxygen atoms in total. The van der Waals surface area contributed by atoms with Gasteiger partial charge in [0.15, 0.2) is 5.01 Å². The summed E-state index contributed by atoms with van der Waals surface area (Å²) in [5.41, 5.74) is 1.13. The van der Waals surface area contributed by atoms with Crippen molar-refractivity contribution in [2.45, 2.75) is 13.3 Å². The van der Waals surface area contributed by atoms with Crippen LogP contribution in [0, 0.1) is 0 Å². The predicted octanol–water partition coefficient (Wildman–Crippen LogP) is 3.85. The summed E-state index contributed by atoms with van der Waals surface area (Å²) in [6.07, 6.45) is 1.09. The topological polar surface area (TPSA) is 37.8 Å². The van der Waals surface area contributed by atoms with Crippen molar-refractivity contribution in [3.63, 3.8) is 0 Å². The molecule has 2 aromatic rings. The van der Waals surface area contributed by atoms with E-state index in [1.807, 2.05) is 0 Å². The van der Waals surface area contributed by atoms with Gasteiger partial charge in [0, 0.05) is 27.3 Å². The van der Waals surface area contributed by atoms with E-state index in [-0.39, 0.29) is 0 Å². The fourth-order valence-electron chi connectivity index (χ4n) is 1.07. The number of anilines is 1. The summed E-state index contributed by atoms with van der Waals surface area (Å²) in [6.45, 7) is 3.07. The number of hydrogen-bond donors (Lipinski definition) is 1. The molecule has 80 valence electrons. The molecule has 0 amide bonds. The van der Waals surface area contributed by atoms with Gasteiger partial charge in [-0.05, 0) is 22.4 Å². The molecule has 0 radical (unpaired) electrons. The number of thiophene rings is 1. The normalized spacial score (nSPS) is 10.5. The summed E-state index contributed by atoms with van der Waals surface area (Å²) in [4.78, 5) is 0. The van der Waals surface area contributed by atoms with Gasteiger partial charge < -0.3 is 5.32 Å². The second kappa shape index (κ2) is 5.05. The third-order valence-corrected chi connectivity index (χ3v) is 4.41. The fourth-order valence-corrected chi connectivity index (χ4v) is 3.54. The number of aromatic nitrogens is 2. The third kappa shape index (κ3) is 2.56. The molecule has 0 bridgehead atoms. The SMILES string of the molecule is CCCNc1nnc(-c2cscc2Br)s1. The summed E-state index contributed by atoms with van der Waals surface area (Å²) >= 11 is 6.74. The Morgan fingerprint density at radius 2 is 2.27 bits per heavy atom. The lowest BCUT2D eigenvalue weighted by Gasteiger charge is -1.95. The monoisotopic (exact) mass is 303 g/mol. The van der Waals surface area contributed by atoms with E-state index in [1.165, 1.54) is 0 Å². The van der Waals surface area contributed by atoms with Crippen molar-refractivity contribution in [1.29, 1.82) is 0 Å². The smallest absolute Gasteiger partial charge is 0.206 e. The molecule has 0 spiro atoms. The first-order valence-corrected chi connectivity index (χ1v) is 7.16.